The zero-order valence-corrected chi connectivity index (χ0v) is 14.9. The normalized spacial score (nSPS) is 16.0. The van der Waals surface area contributed by atoms with Crippen LogP contribution in [-0.2, 0) is 6.42 Å². The Morgan fingerprint density at radius 1 is 1.33 bits per heavy atom. The van der Waals surface area contributed by atoms with Gasteiger partial charge in [-0.15, -0.1) is 24.0 Å². The number of rotatable bonds is 3. The second kappa shape index (κ2) is 7.88. The van der Waals surface area contributed by atoms with Crippen molar-refractivity contribution in [3.05, 3.63) is 30.1 Å². The van der Waals surface area contributed by atoms with Crippen LogP contribution in [0.4, 0.5) is 0 Å². The Balaban J connectivity index is 0.00000161. The van der Waals surface area contributed by atoms with E-state index in [2.05, 4.69) is 19.9 Å². The molecule has 1 fully saturated rings. The van der Waals surface area contributed by atoms with Crippen molar-refractivity contribution in [2.24, 2.45) is 10.7 Å². The zero-order valence-electron chi connectivity index (χ0n) is 11.8. The summed E-state index contributed by atoms with van der Waals surface area (Å²) in [5, 5.41) is 0. The lowest BCUT2D eigenvalue weighted by Gasteiger charge is -2.27. The molecule has 0 radical (unpaired) electrons. The van der Waals surface area contributed by atoms with Crippen LogP contribution in [0.3, 0.4) is 0 Å². The average molecular weight is 417 g/mol. The van der Waals surface area contributed by atoms with E-state index in [4.69, 9.17) is 5.73 Å². The number of nitrogens with one attached hydrogen (secondary N) is 1. The summed E-state index contributed by atoms with van der Waals surface area (Å²) in [5.41, 5.74) is 8.11. The molecule has 0 amide bonds. The largest absolute Gasteiger partial charge is 0.370 e. The molecule has 3 rings (SSSR count). The number of aromatic amines is 1. The molecule has 21 heavy (non-hydrogen) atoms. The summed E-state index contributed by atoms with van der Waals surface area (Å²) in [6, 6.07) is 8.06. The number of fused-ring (bicyclic) bond motifs is 1. The van der Waals surface area contributed by atoms with Crippen molar-refractivity contribution in [2.75, 3.05) is 31.1 Å². The molecular weight excluding hydrogens is 397 g/mol. The van der Waals surface area contributed by atoms with Crippen LogP contribution < -0.4 is 5.73 Å². The Kier molecular flexibility index (Phi) is 6.16. The van der Waals surface area contributed by atoms with Crippen molar-refractivity contribution in [3.8, 4) is 0 Å². The summed E-state index contributed by atoms with van der Waals surface area (Å²) in [7, 11) is 0. The second-order valence-electron chi connectivity index (χ2n) is 4.79. The number of nitrogens with zero attached hydrogens (tertiary/aromatic N) is 3. The Morgan fingerprint density at radius 3 is 2.86 bits per heavy atom. The van der Waals surface area contributed by atoms with E-state index >= 15 is 0 Å². The molecule has 0 saturated carbocycles. The molecule has 5 nitrogen and oxygen atoms in total. The van der Waals surface area contributed by atoms with Gasteiger partial charge in [0.15, 0.2) is 5.96 Å². The lowest BCUT2D eigenvalue weighted by Crippen LogP contribution is -2.42. The lowest BCUT2D eigenvalue weighted by molar-refractivity contribution is 0.456. The summed E-state index contributed by atoms with van der Waals surface area (Å²) in [5.74, 6) is 3.91. The van der Waals surface area contributed by atoms with E-state index in [-0.39, 0.29) is 24.0 Å². The van der Waals surface area contributed by atoms with Gasteiger partial charge in [-0.2, -0.15) is 11.8 Å². The van der Waals surface area contributed by atoms with Gasteiger partial charge in [-0.1, -0.05) is 12.1 Å². The number of thioether (sulfide) groups is 1. The average Bonchev–Trinajstić information content (AvgIpc) is 2.90. The molecule has 0 spiro atoms. The van der Waals surface area contributed by atoms with Gasteiger partial charge in [-0.25, -0.2) is 4.98 Å². The smallest absolute Gasteiger partial charge is 0.191 e. The predicted octanol–water partition coefficient (Wildman–Crippen LogP) is 2.09. The molecule has 114 valence electrons. The molecule has 1 aromatic carbocycles. The standard InChI is InChI=1S/C14H19N5S.HI/c15-14(19-7-9-20-10-8-19)16-6-5-13-17-11-3-1-2-4-12(11)18-13;/h1-4H,5-10H2,(H2,15,16)(H,17,18);1H. The van der Waals surface area contributed by atoms with E-state index in [1.54, 1.807) is 0 Å². The first-order valence-electron chi connectivity index (χ1n) is 6.89. The third kappa shape index (κ3) is 4.26. The van der Waals surface area contributed by atoms with Gasteiger partial charge in [0.1, 0.15) is 5.82 Å². The maximum atomic E-state index is 6.02. The maximum Gasteiger partial charge on any atom is 0.191 e. The van der Waals surface area contributed by atoms with Crippen LogP contribution in [0.15, 0.2) is 29.3 Å². The molecule has 0 atom stereocenters. The Hall–Kier alpha value is -0.960. The van der Waals surface area contributed by atoms with Crippen LogP contribution in [0.5, 0.6) is 0 Å². The lowest BCUT2D eigenvalue weighted by atomic mass is 10.3. The summed E-state index contributed by atoms with van der Waals surface area (Å²) >= 11 is 1.97. The van der Waals surface area contributed by atoms with Gasteiger partial charge in [0.25, 0.3) is 0 Å². The number of aromatic nitrogens is 2. The van der Waals surface area contributed by atoms with Crippen molar-refractivity contribution >= 4 is 52.7 Å². The number of nitrogens with two attached hydrogens (primary N) is 1. The molecule has 1 aromatic heterocycles. The van der Waals surface area contributed by atoms with Crippen LogP contribution in [0.1, 0.15) is 5.82 Å². The fourth-order valence-corrected chi connectivity index (χ4v) is 3.20. The molecule has 0 bridgehead atoms. The third-order valence-corrected chi connectivity index (χ3v) is 4.34. The van der Waals surface area contributed by atoms with Gasteiger partial charge in [-0.3, -0.25) is 4.99 Å². The topological polar surface area (TPSA) is 70.3 Å². The first-order chi connectivity index (χ1) is 9.83. The molecule has 2 heterocycles. The number of hydrogen-bond acceptors (Lipinski definition) is 3. The van der Waals surface area contributed by atoms with E-state index in [1.807, 2.05) is 36.0 Å². The fourth-order valence-electron chi connectivity index (χ4n) is 2.29. The molecule has 0 unspecified atom stereocenters. The van der Waals surface area contributed by atoms with Gasteiger partial charge in [-0.05, 0) is 12.1 Å². The van der Waals surface area contributed by atoms with Crippen LogP contribution in [0.2, 0.25) is 0 Å². The highest BCUT2D eigenvalue weighted by molar-refractivity contribution is 14.0. The highest BCUT2D eigenvalue weighted by atomic mass is 127. The Morgan fingerprint density at radius 2 is 2.10 bits per heavy atom. The van der Waals surface area contributed by atoms with E-state index < -0.39 is 0 Å². The van der Waals surface area contributed by atoms with E-state index in [9.17, 15) is 0 Å². The molecule has 0 aliphatic carbocycles. The zero-order chi connectivity index (χ0) is 13.8. The Bertz CT molecular complexity index is 573. The van der Waals surface area contributed by atoms with Crippen molar-refractivity contribution in [3.63, 3.8) is 0 Å². The van der Waals surface area contributed by atoms with Crippen molar-refractivity contribution in [1.82, 2.24) is 14.9 Å². The minimum Gasteiger partial charge on any atom is -0.370 e. The summed E-state index contributed by atoms with van der Waals surface area (Å²) < 4.78 is 0. The predicted molar refractivity (Wildman–Crippen MR) is 101 cm³/mol. The van der Waals surface area contributed by atoms with Gasteiger partial charge < -0.3 is 15.6 Å². The summed E-state index contributed by atoms with van der Waals surface area (Å²) in [4.78, 5) is 14.5. The van der Waals surface area contributed by atoms with Crippen LogP contribution in [0, 0.1) is 0 Å². The van der Waals surface area contributed by atoms with Crippen LogP contribution in [0.25, 0.3) is 11.0 Å². The van der Waals surface area contributed by atoms with Gasteiger partial charge in [0.2, 0.25) is 0 Å². The van der Waals surface area contributed by atoms with Crippen LogP contribution in [-0.4, -0.2) is 52.0 Å². The van der Waals surface area contributed by atoms with E-state index in [0.29, 0.717) is 12.5 Å². The van der Waals surface area contributed by atoms with Gasteiger partial charge >= 0.3 is 0 Å². The molecule has 1 aliphatic heterocycles. The quantitative estimate of drug-likeness (QED) is 0.456. The monoisotopic (exact) mass is 417 g/mol. The molecule has 1 saturated heterocycles. The van der Waals surface area contributed by atoms with E-state index in [0.717, 1.165) is 47.9 Å². The summed E-state index contributed by atoms with van der Waals surface area (Å²) in [6.07, 6.45) is 0.790. The number of guanidine groups is 1. The van der Waals surface area contributed by atoms with Gasteiger partial charge in [0.05, 0.1) is 11.0 Å². The van der Waals surface area contributed by atoms with Crippen molar-refractivity contribution in [1.29, 1.82) is 0 Å². The third-order valence-electron chi connectivity index (χ3n) is 3.40. The fraction of sp³-hybridized carbons (Fsp3) is 0.429. The maximum absolute atomic E-state index is 6.02. The van der Waals surface area contributed by atoms with Gasteiger partial charge in [0, 0.05) is 37.6 Å². The second-order valence-corrected chi connectivity index (χ2v) is 6.01. The molecule has 3 N–H and O–H groups in total. The molecule has 1 aliphatic rings. The Labute approximate surface area is 145 Å². The molecular formula is C14H20IN5S. The molecule has 7 heteroatoms. The number of para-hydroxylation sites is 2. The number of hydrogen-bond donors (Lipinski definition) is 2. The number of H-pyrrole nitrogens is 1. The highest BCUT2D eigenvalue weighted by Gasteiger charge is 2.11. The minimum absolute atomic E-state index is 0. The van der Waals surface area contributed by atoms with Crippen LogP contribution >= 0.6 is 35.7 Å². The summed E-state index contributed by atoms with van der Waals surface area (Å²) in [6.45, 7) is 2.69. The number of benzene rings is 1. The highest BCUT2D eigenvalue weighted by Crippen LogP contribution is 2.11. The van der Waals surface area contributed by atoms with E-state index in [1.165, 1.54) is 0 Å². The first kappa shape index (κ1) is 16.4. The SMILES string of the molecule is I.NC(=NCCc1nc2ccccc2[nH]1)N1CCSCC1. The number of imidazole rings is 1. The number of halogens is 1. The minimum atomic E-state index is 0. The molecule has 2 aromatic rings. The first-order valence-corrected chi connectivity index (χ1v) is 8.04. The number of aliphatic imine (C=N–C) groups is 1. The van der Waals surface area contributed by atoms with Crippen molar-refractivity contribution < 1.29 is 0 Å². The van der Waals surface area contributed by atoms with Crippen molar-refractivity contribution in [2.45, 2.75) is 6.42 Å².